The van der Waals surface area contributed by atoms with Gasteiger partial charge in [-0.3, -0.25) is 4.79 Å². The van der Waals surface area contributed by atoms with Crippen molar-refractivity contribution in [1.82, 2.24) is 5.43 Å². The molecule has 0 aliphatic heterocycles. The Kier molecular flexibility index (Phi) is 4.13. The van der Waals surface area contributed by atoms with Crippen LogP contribution in [0.2, 0.25) is 0 Å². The van der Waals surface area contributed by atoms with Gasteiger partial charge in [-0.25, -0.2) is 5.43 Å². The second-order valence-corrected chi connectivity index (χ2v) is 5.32. The molecule has 0 saturated heterocycles. The number of hydrogen-bond acceptors (Lipinski definition) is 6. The number of nitrogens with one attached hydrogen (secondary N) is 1. The van der Waals surface area contributed by atoms with E-state index in [1.165, 1.54) is 12.3 Å². The predicted molar refractivity (Wildman–Crippen MR) is 92.1 cm³/mol. The highest BCUT2D eigenvalue weighted by molar-refractivity contribution is 6.01. The molecule has 25 heavy (non-hydrogen) atoms. The van der Waals surface area contributed by atoms with Gasteiger partial charge in [-0.15, -0.1) is 0 Å². The van der Waals surface area contributed by atoms with Crippen molar-refractivity contribution in [3.63, 3.8) is 0 Å². The van der Waals surface area contributed by atoms with Crippen LogP contribution in [0.15, 0.2) is 53.6 Å². The molecule has 0 aliphatic rings. The van der Waals surface area contributed by atoms with Crippen molar-refractivity contribution in [2.75, 3.05) is 0 Å². The zero-order valence-corrected chi connectivity index (χ0v) is 12.8. The third-order valence-corrected chi connectivity index (χ3v) is 3.58. The van der Waals surface area contributed by atoms with Gasteiger partial charge in [0, 0.05) is 5.56 Å². The fraction of sp³-hybridized carbons (Fsp3) is 0. The Morgan fingerprint density at radius 3 is 2.12 bits per heavy atom. The van der Waals surface area contributed by atoms with Crippen LogP contribution in [0.1, 0.15) is 15.9 Å². The van der Waals surface area contributed by atoms with Crippen LogP contribution in [0, 0.1) is 0 Å². The Labute approximate surface area is 142 Å². The average molecular weight is 338 g/mol. The number of hydrazone groups is 1. The summed E-state index contributed by atoms with van der Waals surface area (Å²) < 4.78 is 0. The third-order valence-electron chi connectivity index (χ3n) is 3.58. The van der Waals surface area contributed by atoms with Crippen LogP contribution in [-0.4, -0.2) is 32.5 Å². The molecule has 0 atom stereocenters. The highest BCUT2D eigenvalue weighted by Gasteiger charge is 2.12. The van der Waals surface area contributed by atoms with E-state index >= 15 is 0 Å². The van der Waals surface area contributed by atoms with E-state index < -0.39 is 23.2 Å². The molecule has 0 unspecified atom stereocenters. The number of phenols is 4. The lowest BCUT2D eigenvalue weighted by Crippen LogP contribution is -2.17. The monoisotopic (exact) mass is 338 g/mol. The average Bonchev–Trinajstić information content (AvgIpc) is 2.58. The van der Waals surface area contributed by atoms with E-state index in [0.717, 1.165) is 22.9 Å². The largest absolute Gasteiger partial charge is 0.507 e. The Morgan fingerprint density at radius 2 is 1.48 bits per heavy atom. The lowest BCUT2D eigenvalue weighted by atomic mass is 10.1. The van der Waals surface area contributed by atoms with E-state index in [2.05, 4.69) is 10.5 Å². The molecule has 0 saturated carbocycles. The van der Waals surface area contributed by atoms with Crippen LogP contribution in [0.5, 0.6) is 23.0 Å². The molecular weight excluding hydrogens is 324 g/mol. The second kappa shape index (κ2) is 6.40. The molecule has 126 valence electrons. The molecule has 0 spiro atoms. The van der Waals surface area contributed by atoms with Gasteiger partial charge in [0.1, 0.15) is 5.75 Å². The van der Waals surface area contributed by atoms with Crippen molar-refractivity contribution in [2.24, 2.45) is 5.10 Å². The smallest absolute Gasteiger partial charge is 0.275 e. The number of aromatic hydroxyl groups is 4. The maximum atomic E-state index is 12.2. The number of carbonyl (C=O) groups excluding carboxylic acids is 1. The maximum absolute atomic E-state index is 12.2. The molecule has 3 aromatic rings. The van der Waals surface area contributed by atoms with E-state index in [4.69, 9.17) is 0 Å². The summed E-state index contributed by atoms with van der Waals surface area (Å²) >= 11 is 0. The standard InChI is InChI=1S/C18H14N2O5/c21-14-8-12-4-2-1-3-11(12)7-13(14)18(25)20-19-9-10-5-15(22)17(24)16(23)6-10/h1-9,21-24H,(H,20,25)/b19-9+. The van der Waals surface area contributed by atoms with Gasteiger partial charge in [-0.05, 0) is 35.0 Å². The number of nitrogens with zero attached hydrogens (tertiary/aromatic N) is 1. The topological polar surface area (TPSA) is 122 Å². The molecular formula is C18H14N2O5. The first-order valence-corrected chi connectivity index (χ1v) is 7.26. The Bertz CT molecular complexity index is 975. The maximum Gasteiger partial charge on any atom is 0.275 e. The van der Waals surface area contributed by atoms with Gasteiger partial charge in [0.15, 0.2) is 17.2 Å². The van der Waals surface area contributed by atoms with Gasteiger partial charge in [0.05, 0.1) is 11.8 Å². The Morgan fingerprint density at radius 1 is 0.880 bits per heavy atom. The first-order valence-electron chi connectivity index (χ1n) is 7.26. The molecule has 5 N–H and O–H groups in total. The summed E-state index contributed by atoms with van der Waals surface area (Å²) in [6.45, 7) is 0. The highest BCUT2D eigenvalue weighted by Crippen LogP contribution is 2.34. The normalized spacial score (nSPS) is 11.0. The number of fused-ring (bicyclic) bond motifs is 1. The van der Waals surface area contributed by atoms with Gasteiger partial charge >= 0.3 is 0 Å². The van der Waals surface area contributed by atoms with Crippen LogP contribution in [0.3, 0.4) is 0 Å². The number of amides is 1. The fourth-order valence-electron chi connectivity index (χ4n) is 2.34. The summed E-state index contributed by atoms with van der Waals surface area (Å²) in [7, 11) is 0. The quantitative estimate of drug-likeness (QED) is 0.285. The second-order valence-electron chi connectivity index (χ2n) is 5.32. The summed E-state index contributed by atoms with van der Waals surface area (Å²) in [6, 6.07) is 12.7. The van der Waals surface area contributed by atoms with Crippen LogP contribution in [0.4, 0.5) is 0 Å². The van der Waals surface area contributed by atoms with Crippen LogP contribution in [-0.2, 0) is 0 Å². The highest BCUT2D eigenvalue weighted by atomic mass is 16.3. The number of phenolic OH excluding ortho intramolecular Hbond substituents is 4. The number of rotatable bonds is 3. The molecule has 0 aromatic heterocycles. The minimum absolute atomic E-state index is 0.0623. The number of carbonyl (C=O) groups is 1. The van der Waals surface area contributed by atoms with Gasteiger partial charge in [0.2, 0.25) is 0 Å². The van der Waals surface area contributed by atoms with E-state index in [9.17, 15) is 25.2 Å². The molecule has 3 aromatic carbocycles. The minimum Gasteiger partial charge on any atom is -0.507 e. The molecule has 0 radical (unpaired) electrons. The number of hydrogen-bond donors (Lipinski definition) is 5. The zero-order chi connectivity index (χ0) is 18.0. The van der Waals surface area contributed by atoms with E-state index in [-0.39, 0.29) is 16.9 Å². The molecule has 1 amide bonds. The molecule has 0 bridgehead atoms. The van der Waals surface area contributed by atoms with Gasteiger partial charge in [0.25, 0.3) is 5.91 Å². The number of benzene rings is 3. The van der Waals surface area contributed by atoms with Crippen molar-refractivity contribution in [1.29, 1.82) is 0 Å². The minimum atomic E-state index is -0.637. The first kappa shape index (κ1) is 16.1. The van der Waals surface area contributed by atoms with Crippen molar-refractivity contribution in [3.05, 3.63) is 59.7 Å². The summed E-state index contributed by atoms with van der Waals surface area (Å²) in [5, 5.41) is 43.4. The van der Waals surface area contributed by atoms with E-state index in [1.807, 2.05) is 24.3 Å². The molecule has 3 rings (SSSR count). The molecule has 0 heterocycles. The lowest BCUT2D eigenvalue weighted by Gasteiger charge is -2.06. The van der Waals surface area contributed by atoms with E-state index in [1.54, 1.807) is 6.07 Å². The molecule has 0 aliphatic carbocycles. The van der Waals surface area contributed by atoms with Crippen molar-refractivity contribution < 1.29 is 25.2 Å². The van der Waals surface area contributed by atoms with Crippen molar-refractivity contribution >= 4 is 22.9 Å². The summed E-state index contributed by atoms with van der Waals surface area (Å²) in [5.74, 6) is -2.46. The summed E-state index contributed by atoms with van der Waals surface area (Å²) in [4.78, 5) is 12.2. The Balaban J connectivity index is 1.80. The van der Waals surface area contributed by atoms with E-state index in [0.29, 0.717) is 0 Å². The molecule has 7 nitrogen and oxygen atoms in total. The Hall–Kier alpha value is -3.74. The van der Waals surface area contributed by atoms with Gasteiger partial charge in [-0.1, -0.05) is 24.3 Å². The van der Waals surface area contributed by atoms with Crippen LogP contribution >= 0.6 is 0 Å². The van der Waals surface area contributed by atoms with Crippen LogP contribution < -0.4 is 5.43 Å². The SMILES string of the molecule is O=C(N/N=C/c1cc(O)c(O)c(O)c1)c1cc2ccccc2cc1O. The summed E-state index contributed by atoms with van der Waals surface area (Å²) in [5.41, 5.74) is 2.57. The predicted octanol–water partition coefficient (Wildman–Crippen LogP) is 2.43. The first-order chi connectivity index (χ1) is 12.0. The van der Waals surface area contributed by atoms with Gasteiger partial charge in [-0.2, -0.15) is 5.10 Å². The molecule has 0 fully saturated rings. The van der Waals surface area contributed by atoms with Crippen LogP contribution in [0.25, 0.3) is 10.8 Å². The summed E-state index contributed by atoms with van der Waals surface area (Å²) in [6.07, 6.45) is 1.18. The lowest BCUT2D eigenvalue weighted by molar-refractivity contribution is 0.0952. The van der Waals surface area contributed by atoms with Gasteiger partial charge < -0.3 is 20.4 Å². The molecule has 7 heteroatoms. The van der Waals surface area contributed by atoms with Crippen molar-refractivity contribution in [3.8, 4) is 23.0 Å². The third kappa shape index (κ3) is 3.30. The fourth-order valence-corrected chi connectivity index (χ4v) is 2.34. The zero-order valence-electron chi connectivity index (χ0n) is 12.8. The van der Waals surface area contributed by atoms with Crippen molar-refractivity contribution in [2.45, 2.75) is 0 Å².